The molecule has 166 valence electrons. The number of esters is 1. The van der Waals surface area contributed by atoms with E-state index in [0.717, 1.165) is 11.0 Å². The van der Waals surface area contributed by atoms with Gasteiger partial charge in [-0.3, -0.25) is 24.2 Å². The zero-order valence-corrected chi connectivity index (χ0v) is 17.4. The molecule has 3 aliphatic rings. The molecular formula is C24H18FN3O5. The van der Waals surface area contributed by atoms with E-state index in [1.807, 2.05) is 0 Å². The molecule has 0 aliphatic carbocycles. The van der Waals surface area contributed by atoms with Crippen molar-refractivity contribution in [3.63, 3.8) is 0 Å². The Morgan fingerprint density at radius 1 is 1.03 bits per heavy atom. The quantitative estimate of drug-likeness (QED) is 0.309. The summed E-state index contributed by atoms with van der Waals surface area (Å²) in [5.74, 6) is -4.04. The van der Waals surface area contributed by atoms with Crippen LogP contribution in [0.2, 0.25) is 0 Å². The largest absolute Gasteiger partial charge is 0.427 e. The first-order chi connectivity index (χ1) is 15.9. The van der Waals surface area contributed by atoms with Crippen LogP contribution < -0.4 is 9.64 Å². The molecule has 0 saturated carbocycles. The van der Waals surface area contributed by atoms with Crippen molar-refractivity contribution in [3.8, 4) is 5.75 Å². The number of hydrogen-bond acceptors (Lipinski definition) is 7. The Hall–Kier alpha value is -4.14. The van der Waals surface area contributed by atoms with Gasteiger partial charge in [0.25, 0.3) is 0 Å². The number of nitrogens with zero attached hydrogens (tertiary/aromatic N) is 3. The molecule has 0 unspecified atom stereocenters. The number of hydrazone groups is 1. The molecule has 4 atom stereocenters. The highest BCUT2D eigenvalue weighted by Gasteiger charge is 2.64. The van der Waals surface area contributed by atoms with Gasteiger partial charge in [-0.25, -0.2) is 9.29 Å². The summed E-state index contributed by atoms with van der Waals surface area (Å²) in [4.78, 5) is 52.4. The number of rotatable bonds is 4. The standard InChI is InChI=1S/C24H18FN3O5/c1-13(29)33-17-9-7-14(8-10-17)22(30)21-20-19(18-6-3-11-26-28(18)21)23(31)27(24(20)32)16-5-2-4-15(25)12-16/h2-12,18-21H,1H3/t18-,19+,20-,21+/m1/s1. The Kier molecular flexibility index (Phi) is 4.88. The van der Waals surface area contributed by atoms with E-state index in [1.54, 1.807) is 12.2 Å². The molecule has 3 aliphatic heterocycles. The number of hydrogen-bond donors (Lipinski definition) is 0. The number of amides is 2. The second-order valence-electron chi connectivity index (χ2n) is 7.99. The second-order valence-corrected chi connectivity index (χ2v) is 7.99. The first-order valence-electron chi connectivity index (χ1n) is 10.3. The first kappa shape index (κ1) is 20.7. The molecule has 0 N–H and O–H groups in total. The fourth-order valence-electron chi connectivity index (χ4n) is 4.73. The van der Waals surface area contributed by atoms with Gasteiger partial charge in [0.05, 0.1) is 23.6 Å². The van der Waals surface area contributed by atoms with E-state index < -0.39 is 53.3 Å². The number of benzene rings is 2. The lowest BCUT2D eigenvalue weighted by Crippen LogP contribution is -2.46. The van der Waals surface area contributed by atoms with Crippen molar-refractivity contribution in [1.82, 2.24) is 5.01 Å². The van der Waals surface area contributed by atoms with Gasteiger partial charge in [0, 0.05) is 18.7 Å². The van der Waals surface area contributed by atoms with Gasteiger partial charge in [0.2, 0.25) is 11.8 Å². The summed E-state index contributed by atoms with van der Waals surface area (Å²) in [6.45, 7) is 1.27. The average molecular weight is 447 g/mol. The van der Waals surface area contributed by atoms with E-state index in [1.165, 1.54) is 60.6 Å². The van der Waals surface area contributed by atoms with Crippen LogP contribution in [-0.4, -0.2) is 46.9 Å². The predicted molar refractivity (Wildman–Crippen MR) is 115 cm³/mol. The number of carbonyl (C=O) groups excluding carboxylic acids is 4. The number of anilines is 1. The molecule has 2 aromatic carbocycles. The van der Waals surface area contributed by atoms with Crippen molar-refractivity contribution in [2.75, 3.05) is 4.90 Å². The molecule has 0 spiro atoms. The fraction of sp³-hybridized carbons (Fsp3) is 0.208. The predicted octanol–water partition coefficient (Wildman–Crippen LogP) is 2.35. The molecule has 0 bridgehead atoms. The molecule has 8 nitrogen and oxygen atoms in total. The van der Waals surface area contributed by atoms with Crippen LogP contribution in [0.3, 0.4) is 0 Å². The maximum absolute atomic E-state index is 13.8. The lowest BCUT2D eigenvalue weighted by molar-refractivity contribution is -0.132. The molecule has 0 aromatic heterocycles. The maximum atomic E-state index is 13.8. The van der Waals surface area contributed by atoms with Crippen molar-refractivity contribution in [2.24, 2.45) is 16.9 Å². The summed E-state index contributed by atoms with van der Waals surface area (Å²) in [5, 5.41) is 5.78. The summed E-state index contributed by atoms with van der Waals surface area (Å²) in [6, 6.07) is 9.61. The van der Waals surface area contributed by atoms with Crippen LogP contribution in [-0.2, 0) is 14.4 Å². The Bertz CT molecular complexity index is 1240. The number of ketones is 1. The van der Waals surface area contributed by atoms with E-state index >= 15 is 0 Å². The van der Waals surface area contributed by atoms with Crippen LogP contribution in [0.15, 0.2) is 65.8 Å². The highest BCUT2D eigenvalue weighted by molar-refractivity contribution is 6.24. The van der Waals surface area contributed by atoms with Gasteiger partial charge in [0.1, 0.15) is 17.6 Å². The van der Waals surface area contributed by atoms with Gasteiger partial charge in [0.15, 0.2) is 5.78 Å². The van der Waals surface area contributed by atoms with Crippen LogP contribution in [0.4, 0.5) is 10.1 Å². The second kappa shape index (κ2) is 7.77. The van der Waals surface area contributed by atoms with Crippen LogP contribution >= 0.6 is 0 Å². The number of allylic oxidation sites excluding steroid dienone is 1. The van der Waals surface area contributed by atoms with Gasteiger partial charge in [-0.15, -0.1) is 0 Å². The van der Waals surface area contributed by atoms with E-state index in [0.29, 0.717) is 0 Å². The van der Waals surface area contributed by atoms with Crippen molar-refractivity contribution < 1.29 is 28.3 Å². The molecule has 2 saturated heterocycles. The van der Waals surface area contributed by atoms with Crippen molar-refractivity contribution in [2.45, 2.75) is 19.0 Å². The van der Waals surface area contributed by atoms with Crippen LogP contribution in [0.25, 0.3) is 0 Å². The van der Waals surface area contributed by atoms with Crippen molar-refractivity contribution in [1.29, 1.82) is 0 Å². The van der Waals surface area contributed by atoms with Crippen molar-refractivity contribution in [3.05, 3.63) is 72.1 Å². The third-order valence-electron chi connectivity index (χ3n) is 6.03. The van der Waals surface area contributed by atoms with Crippen LogP contribution in [0, 0.1) is 17.7 Å². The molecule has 2 amide bonds. The number of ether oxygens (including phenoxy) is 1. The topological polar surface area (TPSA) is 96.3 Å². The maximum Gasteiger partial charge on any atom is 0.308 e. The molecule has 2 aromatic rings. The average Bonchev–Trinajstić information content (AvgIpc) is 3.26. The molecule has 0 radical (unpaired) electrons. The Morgan fingerprint density at radius 2 is 1.76 bits per heavy atom. The summed E-state index contributed by atoms with van der Waals surface area (Å²) in [6.07, 6.45) is 4.91. The van der Waals surface area contributed by atoms with Crippen molar-refractivity contribution >= 4 is 35.5 Å². The lowest BCUT2D eigenvalue weighted by atomic mass is 9.86. The molecule has 3 heterocycles. The summed E-state index contributed by atoms with van der Waals surface area (Å²) >= 11 is 0. The van der Waals surface area contributed by atoms with Gasteiger partial charge in [-0.1, -0.05) is 12.1 Å². The summed E-state index contributed by atoms with van der Waals surface area (Å²) < 4.78 is 18.8. The van der Waals surface area contributed by atoms with E-state index in [4.69, 9.17) is 4.74 Å². The zero-order chi connectivity index (χ0) is 23.3. The Balaban J connectivity index is 1.52. The van der Waals surface area contributed by atoms with E-state index in [9.17, 15) is 23.6 Å². The minimum absolute atomic E-state index is 0.131. The summed E-state index contributed by atoms with van der Waals surface area (Å²) in [7, 11) is 0. The third kappa shape index (κ3) is 3.32. The van der Waals surface area contributed by atoms with Gasteiger partial charge in [-0.05, 0) is 48.5 Å². The Labute approximate surface area is 187 Å². The number of fused-ring (bicyclic) bond motifs is 3. The van der Waals surface area contributed by atoms with Crippen LogP contribution in [0.1, 0.15) is 17.3 Å². The third-order valence-corrected chi connectivity index (χ3v) is 6.03. The SMILES string of the molecule is CC(=O)Oc1ccc(C(=O)[C@@H]2[C@@H]3C(=O)N(c4cccc(F)c4)C(=O)[C@H]3[C@H]3C=CC=NN32)cc1. The normalized spacial score (nSPS) is 25.3. The molecule has 2 fully saturated rings. The first-order valence-corrected chi connectivity index (χ1v) is 10.3. The van der Waals surface area contributed by atoms with E-state index in [2.05, 4.69) is 5.10 Å². The molecular weight excluding hydrogens is 429 g/mol. The molecule has 5 rings (SSSR count). The minimum atomic E-state index is -1.02. The Morgan fingerprint density at radius 3 is 2.45 bits per heavy atom. The number of Topliss-reactive ketones (excluding diaryl/α,β-unsaturated/α-hetero) is 1. The molecule has 9 heteroatoms. The minimum Gasteiger partial charge on any atom is -0.427 e. The van der Waals surface area contributed by atoms with Gasteiger partial charge in [-0.2, -0.15) is 5.10 Å². The van der Waals surface area contributed by atoms with Crippen LogP contribution in [0.5, 0.6) is 5.75 Å². The monoisotopic (exact) mass is 447 g/mol. The van der Waals surface area contributed by atoms with Gasteiger partial charge >= 0.3 is 5.97 Å². The molecule has 33 heavy (non-hydrogen) atoms. The zero-order valence-electron chi connectivity index (χ0n) is 17.4. The van der Waals surface area contributed by atoms with Gasteiger partial charge < -0.3 is 4.74 Å². The number of carbonyl (C=O) groups is 4. The summed E-state index contributed by atoms with van der Waals surface area (Å²) in [5.41, 5.74) is 0.413. The highest BCUT2D eigenvalue weighted by Crippen LogP contribution is 2.46. The number of halogens is 1. The number of imide groups is 1. The smallest absolute Gasteiger partial charge is 0.308 e. The van der Waals surface area contributed by atoms with E-state index in [-0.39, 0.29) is 17.0 Å². The lowest BCUT2D eigenvalue weighted by Gasteiger charge is -2.30. The fourth-order valence-corrected chi connectivity index (χ4v) is 4.73. The highest BCUT2D eigenvalue weighted by atomic mass is 19.1.